The van der Waals surface area contributed by atoms with Crippen molar-refractivity contribution < 1.29 is 9.90 Å². The second kappa shape index (κ2) is 8.92. The largest absolute Gasteiger partial charge is 0.508 e. The number of fused-ring (bicyclic) bond motifs is 5. The maximum atomic E-state index is 11.7. The zero-order chi connectivity index (χ0) is 25.7. The summed E-state index contributed by atoms with van der Waals surface area (Å²) in [5.74, 6) is 0.496. The summed E-state index contributed by atoms with van der Waals surface area (Å²) in [6.45, 7) is 10.4. The van der Waals surface area contributed by atoms with E-state index in [0.717, 1.165) is 18.4 Å². The predicted octanol–water partition coefficient (Wildman–Crippen LogP) is 8.61. The molecular weight excluding hydrogens is 440 g/mol. The van der Waals surface area contributed by atoms with Crippen LogP contribution in [0.5, 0.6) is 5.75 Å². The van der Waals surface area contributed by atoms with Crippen LogP contribution in [-0.2, 0) is 17.3 Å². The van der Waals surface area contributed by atoms with Crippen LogP contribution in [0.4, 0.5) is 0 Å². The minimum Gasteiger partial charge on any atom is -0.508 e. The van der Waals surface area contributed by atoms with E-state index in [4.69, 9.17) is 0 Å². The van der Waals surface area contributed by atoms with Crippen LogP contribution in [0.1, 0.15) is 86.5 Å². The third-order valence-electron chi connectivity index (χ3n) is 8.09. The number of benzene rings is 3. The van der Waals surface area contributed by atoms with Crippen molar-refractivity contribution in [3.8, 4) is 5.75 Å². The number of phenols is 1. The van der Waals surface area contributed by atoms with Gasteiger partial charge < -0.3 is 5.11 Å². The predicted molar refractivity (Wildman–Crippen MR) is 151 cm³/mol. The van der Waals surface area contributed by atoms with E-state index in [0.29, 0.717) is 5.75 Å². The number of ketones is 1. The summed E-state index contributed by atoms with van der Waals surface area (Å²) in [5, 5.41) is 12.1. The van der Waals surface area contributed by atoms with Gasteiger partial charge in [-0.15, -0.1) is 0 Å². The van der Waals surface area contributed by atoms with Crippen molar-refractivity contribution >= 4 is 22.1 Å². The molecule has 0 unspecified atom stereocenters. The van der Waals surface area contributed by atoms with E-state index in [1.807, 2.05) is 18.2 Å². The van der Waals surface area contributed by atoms with Crippen LogP contribution in [0.3, 0.4) is 0 Å². The number of allylic oxidation sites excluding steroid dienone is 6. The lowest BCUT2D eigenvalue weighted by atomic mass is 9.68. The molecule has 0 saturated carbocycles. The molecule has 0 bridgehead atoms. The highest BCUT2D eigenvalue weighted by molar-refractivity contribution is 6.01. The molecule has 0 aromatic heterocycles. The molecule has 0 atom stereocenters. The van der Waals surface area contributed by atoms with E-state index in [9.17, 15) is 9.90 Å². The summed E-state index contributed by atoms with van der Waals surface area (Å²) < 4.78 is 0. The molecule has 2 nitrogen and oxygen atoms in total. The molecule has 0 amide bonds. The van der Waals surface area contributed by atoms with Crippen LogP contribution in [0, 0.1) is 0 Å². The fourth-order valence-corrected chi connectivity index (χ4v) is 5.87. The van der Waals surface area contributed by atoms with Gasteiger partial charge in [-0.25, -0.2) is 0 Å². The molecule has 3 aliphatic rings. The third-order valence-corrected chi connectivity index (χ3v) is 8.09. The molecule has 0 radical (unpaired) electrons. The van der Waals surface area contributed by atoms with Gasteiger partial charge in [-0.05, 0) is 89.4 Å². The Balaban J connectivity index is 0.000000157. The molecule has 3 aromatic rings. The maximum absolute atomic E-state index is 11.7. The second-order valence-corrected chi connectivity index (χ2v) is 11.5. The molecule has 3 aliphatic carbocycles. The van der Waals surface area contributed by atoms with E-state index >= 15 is 0 Å². The Morgan fingerprint density at radius 3 is 2.31 bits per heavy atom. The van der Waals surface area contributed by atoms with Crippen molar-refractivity contribution in [1.29, 1.82) is 0 Å². The summed E-state index contributed by atoms with van der Waals surface area (Å²) >= 11 is 0. The van der Waals surface area contributed by atoms with Crippen molar-refractivity contribution in [3.63, 3.8) is 0 Å². The number of hydrogen-bond acceptors (Lipinski definition) is 2. The number of rotatable bonds is 1. The molecule has 2 heteroatoms. The molecule has 1 N–H and O–H groups in total. The highest BCUT2D eigenvalue weighted by Gasteiger charge is 2.32. The van der Waals surface area contributed by atoms with E-state index in [-0.39, 0.29) is 16.6 Å². The van der Waals surface area contributed by atoms with E-state index < -0.39 is 0 Å². The van der Waals surface area contributed by atoms with Gasteiger partial charge in [0.25, 0.3) is 0 Å². The SMILES string of the molecule is CC(=O)c1ccc2ccc3c(c2c1)CCC1=C3C=CCC1.CC1(C)C=CC(C)(C)c2cc(O)ccc21. The summed E-state index contributed by atoms with van der Waals surface area (Å²) in [7, 11) is 0. The van der Waals surface area contributed by atoms with Crippen molar-refractivity contribution in [1.82, 2.24) is 0 Å². The maximum Gasteiger partial charge on any atom is 0.159 e. The summed E-state index contributed by atoms with van der Waals surface area (Å²) in [5.41, 5.74) is 9.27. The zero-order valence-electron chi connectivity index (χ0n) is 22.1. The molecule has 36 heavy (non-hydrogen) atoms. The van der Waals surface area contributed by atoms with Gasteiger partial charge in [0, 0.05) is 16.4 Å². The van der Waals surface area contributed by atoms with Crippen molar-refractivity contribution in [3.05, 3.63) is 106 Å². The topological polar surface area (TPSA) is 37.3 Å². The van der Waals surface area contributed by atoms with E-state index in [1.165, 1.54) is 51.4 Å². The van der Waals surface area contributed by atoms with Crippen LogP contribution in [0.25, 0.3) is 16.3 Å². The minimum atomic E-state index is 0.0175. The Morgan fingerprint density at radius 2 is 1.56 bits per heavy atom. The lowest BCUT2D eigenvalue weighted by molar-refractivity contribution is 0.101. The van der Waals surface area contributed by atoms with Crippen molar-refractivity contribution in [2.75, 3.05) is 0 Å². The van der Waals surface area contributed by atoms with Crippen molar-refractivity contribution in [2.45, 2.75) is 71.1 Å². The molecule has 0 fully saturated rings. The molecule has 0 saturated heterocycles. The highest BCUT2D eigenvalue weighted by atomic mass is 16.3. The first kappa shape index (κ1) is 24.3. The summed E-state index contributed by atoms with van der Waals surface area (Å²) in [6, 6.07) is 16.2. The number of Topliss-reactive ketones (excluding diaryl/α,β-unsaturated/α-hetero) is 1. The first-order chi connectivity index (χ1) is 17.1. The van der Waals surface area contributed by atoms with Gasteiger partial charge in [0.1, 0.15) is 5.75 Å². The van der Waals surface area contributed by atoms with Gasteiger partial charge in [0.2, 0.25) is 0 Å². The van der Waals surface area contributed by atoms with Crippen LogP contribution >= 0.6 is 0 Å². The average Bonchev–Trinajstić information content (AvgIpc) is 2.86. The standard InChI is InChI=1S/C20H18O.C14H18O/c1-13(21)16-7-6-15-9-10-18-17-5-3-2-4-14(17)8-11-19(18)20(15)12-16;1-13(2)7-8-14(3,4)12-9-10(15)5-6-11(12)13/h3,5-7,9-10,12H,2,4,8,11H2,1H3;5-9,15H,1-4H3. The lowest BCUT2D eigenvalue weighted by Crippen LogP contribution is -2.28. The Labute approximate surface area is 215 Å². The van der Waals surface area contributed by atoms with Crippen LogP contribution in [0.15, 0.2) is 78.4 Å². The minimum absolute atomic E-state index is 0.0175. The molecular formula is C34H36O2. The first-order valence-electron chi connectivity index (χ1n) is 13.1. The van der Waals surface area contributed by atoms with E-state index in [2.05, 4.69) is 76.3 Å². The molecule has 184 valence electrons. The fraction of sp³-hybridized carbons (Fsp3) is 0.324. The number of hydrogen-bond donors (Lipinski definition) is 1. The monoisotopic (exact) mass is 476 g/mol. The van der Waals surface area contributed by atoms with Gasteiger partial charge in [-0.1, -0.05) is 87.9 Å². The molecule has 0 heterocycles. The molecule has 0 spiro atoms. The van der Waals surface area contributed by atoms with Gasteiger partial charge in [0.05, 0.1) is 0 Å². The average molecular weight is 477 g/mol. The zero-order valence-corrected chi connectivity index (χ0v) is 22.1. The Kier molecular flexibility index (Phi) is 6.03. The number of aryl methyl sites for hydroxylation is 1. The Morgan fingerprint density at radius 1 is 0.833 bits per heavy atom. The summed E-state index contributed by atoms with van der Waals surface area (Å²) in [6.07, 6.45) is 13.7. The smallest absolute Gasteiger partial charge is 0.159 e. The van der Waals surface area contributed by atoms with Crippen LogP contribution < -0.4 is 0 Å². The number of phenolic OH excluding ortho intramolecular Hbond substituents is 1. The van der Waals surface area contributed by atoms with Gasteiger partial charge in [-0.3, -0.25) is 4.79 Å². The summed E-state index contributed by atoms with van der Waals surface area (Å²) in [4.78, 5) is 11.7. The second-order valence-electron chi connectivity index (χ2n) is 11.5. The molecule has 6 rings (SSSR count). The van der Waals surface area contributed by atoms with Crippen molar-refractivity contribution in [2.24, 2.45) is 0 Å². The number of carbonyl (C=O) groups excluding carboxylic acids is 1. The molecule has 3 aromatic carbocycles. The number of carbonyl (C=O) groups is 1. The van der Waals surface area contributed by atoms with Gasteiger partial charge in [0.15, 0.2) is 5.78 Å². The highest BCUT2D eigenvalue weighted by Crippen LogP contribution is 2.42. The fourth-order valence-electron chi connectivity index (χ4n) is 5.87. The Bertz CT molecular complexity index is 1460. The van der Waals surface area contributed by atoms with Gasteiger partial charge in [-0.2, -0.15) is 0 Å². The number of aromatic hydroxyl groups is 1. The third kappa shape index (κ3) is 4.34. The first-order valence-corrected chi connectivity index (χ1v) is 13.1. The van der Waals surface area contributed by atoms with Crippen LogP contribution in [-0.4, -0.2) is 10.9 Å². The van der Waals surface area contributed by atoms with Crippen LogP contribution in [0.2, 0.25) is 0 Å². The van der Waals surface area contributed by atoms with Gasteiger partial charge >= 0.3 is 0 Å². The van der Waals surface area contributed by atoms with E-state index in [1.54, 1.807) is 18.6 Å². The quantitative estimate of drug-likeness (QED) is 0.282. The normalized spacial score (nSPS) is 18.6. The Hall–Kier alpha value is -3.39. The molecule has 0 aliphatic heterocycles. The lowest BCUT2D eigenvalue weighted by Gasteiger charge is -2.36.